The summed E-state index contributed by atoms with van der Waals surface area (Å²) in [5.74, 6) is -1.62. The number of rotatable bonds is 4. The van der Waals surface area contributed by atoms with E-state index in [0.29, 0.717) is 6.54 Å². The Balaban J connectivity index is 1.71. The Labute approximate surface area is 105 Å². The Morgan fingerprint density at radius 3 is 2.83 bits per heavy atom. The van der Waals surface area contributed by atoms with E-state index >= 15 is 0 Å². The van der Waals surface area contributed by atoms with E-state index in [1.807, 2.05) is 0 Å². The number of carbonyl (C=O) groups excluding carboxylic acids is 1. The summed E-state index contributed by atoms with van der Waals surface area (Å²) in [6, 6.07) is -0.834. The first kappa shape index (κ1) is 13.1. The molecule has 2 aliphatic rings. The van der Waals surface area contributed by atoms with Crippen LogP contribution in [0.2, 0.25) is 0 Å². The maximum Gasteiger partial charge on any atom is 0.315 e. The Hall–Kier alpha value is -1.34. The van der Waals surface area contributed by atoms with Gasteiger partial charge < -0.3 is 25.2 Å². The fourth-order valence-corrected chi connectivity index (χ4v) is 2.17. The largest absolute Gasteiger partial charge is 0.481 e. The standard InChI is InChI=1S/C11H18N2O5/c14-10(15)8-5-17-6-9(8)13-11(16)12-4-7-2-1-3-18-7/h7-9H,1-6H2,(H,14,15)(H2,12,13,16). The molecule has 3 unspecified atom stereocenters. The van der Waals surface area contributed by atoms with Gasteiger partial charge in [0, 0.05) is 13.2 Å². The number of nitrogens with one attached hydrogen (secondary N) is 2. The van der Waals surface area contributed by atoms with Crippen LogP contribution >= 0.6 is 0 Å². The third kappa shape index (κ3) is 3.33. The zero-order valence-corrected chi connectivity index (χ0v) is 10.1. The van der Waals surface area contributed by atoms with Crippen molar-refractivity contribution in [2.75, 3.05) is 26.4 Å². The van der Waals surface area contributed by atoms with Crippen LogP contribution in [0.15, 0.2) is 0 Å². The third-order valence-electron chi connectivity index (χ3n) is 3.23. The molecule has 7 heteroatoms. The van der Waals surface area contributed by atoms with Crippen LogP contribution in [0.4, 0.5) is 4.79 Å². The molecule has 0 saturated carbocycles. The topological polar surface area (TPSA) is 96.9 Å². The van der Waals surface area contributed by atoms with E-state index in [4.69, 9.17) is 14.6 Å². The van der Waals surface area contributed by atoms with E-state index in [-0.39, 0.29) is 25.3 Å². The van der Waals surface area contributed by atoms with Gasteiger partial charge in [-0.2, -0.15) is 0 Å². The number of amides is 2. The maximum absolute atomic E-state index is 11.6. The fraction of sp³-hybridized carbons (Fsp3) is 0.818. The van der Waals surface area contributed by atoms with Crippen LogP contribution in [0.5, 0.6) is 0 Å². The average Bonchev–Trinajstić information content (AvgIpc) is 2.96. The number of aliphatic carboxylic acids is 1. The van der Waals surface area contributed by atoms with Crippen LogP contribution < -0.4 is 10.6 Å². The van der Waals surface area contributed by atoms with Crippen molar-refractivity contribution in [2.24, 2.45) is 5.92 Å². The summed E-state index contributed by atoms with van der Waals surface area (Å²) in [5.41, 5.74) is 0. The van der Waals surface area contributed by atoms with Crippen LogP contribution in [0.1, 0.15) is 12.8 Å². The predicted molar refractivity (Wildman–Crippen MR) is 61.2 cm³/mol. The monoisotopic (exact) mass is 258 g/mol. The lowest BCUT2D eigenvalue weighted by Crippen LogP contribution is -2.48. The second kappa shape index (κ2) is 6.01. The summed E-state index contributed by atoms with van der Waals surface area (Å²) in [6.07, 6.45) is 2.04. The van der Waals surface area contributed by atoms with Crippen molar-refractivity contribution in [3.05, 3.63) is 0 Å². The zero-order chi connectivity index (χ0) is 13.0. The lowest BCUT2D eigenvalue weighted by atomic mass is 10.0. The predicted octanol–water partition coefficient (Wildman–Crippen LogP) is -0.436. The van der Waals surface area contributed by atoms with E-state index in [1.54, 1.807) is 0 Å². The summed E-state index contributed by atoms with van der Waals surface area (Å²) in [4.78, 5) is 22.5. The summed E-state index contributed by atoms with van der Waals surface area (Å²) in [5, 5.41) is 14.2. The molecule has 2 saturated heterocycles. The lowest BCUT2D eigenvalue weighted by molar-refractivity contribution is -0.142. The van der Waals surface area contributed by atoms with Crippen molar-refractivity contribution in [1.29, 1.82) is 0 Å². The summed E-state index contributed by atoms with van der Waals surface area (Å²) in [6.45, 7) is 1.58. The van der Waals surface area contributed by atoms with Crippen molar-refractivity contribution in [3.63, 3.8) is 0 Å². The number of ether oxygens (including phenoxy) is 2. The molecule has 2 aliphatic heterocycles. The van der Waals surface area contributed by atoms with Gasteiger partial charge in [-0.1, -0.05) is 0 Å². The van der Waals surface area contributed by atoms with Gasteiger partial charge >= 0.3 is 12.0 Å². The van der Waals surface area contributed by atoms with Gasteiger partial charge in [-0.05, 0) is 12.8 Å². The van der Waals surface area contributed by atoms with Gasteiger partial charge in [0.15, 0.2) is 0 Å². The molecule has 2 rings (SSSR count). The highest BCUT2D eigenvalue weighted by molar-refractivity contribution is 5.77. The minimum absolute atomic E-state index is 0.0749. The molecule has 102 valence electrons. The molecule has 0 aliphatic carbocycles. The number of carboxylic acid groups (broad SMARTS) is 1. The first-order valence-electron chi connectivity index (χ1n) is 6.13. The average molecular weight is 258 g/mol. The van der Waals surface area contributed by atoms with Crippen LogP contribution in [-0.2, 0) is 14.3 Å². The zero-order valence-electron chi connectivity index (χ0n) is 10.1. The Bertz CT molecular complexity index is 317. The molecular weight excluding hydrogens is 240 g/mol. The van der Waals surface area contributed by atoms with Crippen molar-refractivity contribution in [3.8, 4) is 0 Å². The second-order valence-corrected chi connectivity index (χ2v) is 4.58. The fourth-order valence-electron chi connectivity index (χ4n) is 2.17. The summed E-state index contributed by atoms with van der Waals surface area (Å²) in [7, 11) is 0. The molecule has 2 fully saturated rings. The van der Waals surface area contributed by atoms with E-state index in [9.17, 15) is 9.59 Å². The highest BCUT2D eigenvalue weighted by Crippen LogP contribution is 2.14. The van der Waals surface area contributed by atoms with Crippen molar-refractivity contribution >= 4 is 12.0 Å². The van der Waals surface area contributed by atoms with Gasteiger partial charge in [-0.3, -0.25) is 4.79 Å². The second-order valence-electron chi connectivity index (χ2n) is 4.58. The van der Waals surface area contributed by atoms with Crippen molar-refractivity contribution in [2.45, 2.75) is 25.0 Å². The molecule has 0 aromatic rings. The molecule has 2 amide bonds. The molecule has 0 aromatic heterocycles. The van der Waals surface area contributed by atoms with Gasteiger partial charge in [-0.15, -0.1) is 0 Å². The van der Waals surface area contributed by atoms with Crippen LogP contribution in [-0.4, -0.2) is 55.6 Å². The first-order chi connectivity index (χ1) is 8.66. The molecule has 7 nitrogen and oxygen atoms in total. The van der Waals surface area contributed by atoms with E-state index in [0.717, 1.165) is 19.4 Å². The van der Waals surface area contributed by atoms with Crippen LogP contribution in [0.3, 0.4) is 0 Å². The van der Waals surface area contributed by atoms with E-state index < -0.39 is 17.9 Å². The van der Waals surface area contributed by atoms with Crippen LogP contribution in [0.25, 0.3) is 0 Å². The van der Waals surface area contributed by atoms with Gasteiger partial charge in [0.25, 0.3) is 0 Å². The Morgan fingerprint density at radius 2 is 2.17 bits per heavy atom. The van der Waals surface area contributed by atoms with Gasteiger partial charge in [0.2, 0.25) is 0 Å². The summed E-state index contributed by atoms with van der Waals surface area (Å²) < 4.78 is 10.4. The molecule has 2 heterocycles. The normalized spacial score (nSPS) is 31.2. The summed E-state index contributed by atoms with van der Waals surface area (Å²) >= 11 is 0. The molecule has 0 spiro atoms. The Morgan fingerprint density at radius 1 is 1.33 bits per heavy atom. The number of carbonyl (C=O) groups is 2. The highest BCUT2D eigenvalue weighted by atomic mass is 16.5. The quantitative estimate of drug-likeness (QED) is 0.635. The van der Waals surface area contributed by atoms with Gasteiger partial charge in [0.1, 0.15) is 5.92 Å². The Kier molecular flexibility index (Phi) is 4.38. The van der Waals surface area contributed by atoms with Crippen molar-refractivity contribution < 1.29 is 24.2 Å². The number of urea groups is 1. The van der Waals surface area contributed by atoms with Crippen LogP contribution in [0, 0.1) is 5.92 Å². The molecule has 3 atom stereocenters. The first-order valence-corrected chi connectivity index (χ1v) is 6.13. The van der Waals surface area contributed by atoms with Gasteiger partial charge in [-0.25, -0.2) is 4.79 Å². The molecule has 0 aromatic carbocycles. The molecule has 0 radical (unpaired) electrons. The molecule has 3 N–H and O–H groups in total. The number of hydrogen-bond acceptors (Lipinski definition) is 4. The lowest BCUT2D eigenvalue weighted by Gasteiger charge is -2.17. The molecule has 18 heavy (non-hydrogen) atoms. The number of hydrogen-bond donors (Lipinski definition) is 3. The minimum atomic E-state index is -0.947. The highest BCUT2D eigenvalue weighted by Gasteiger charge is 2.35. The van der Waals surface area contributed by atoms with E-state index in [2.05, 4.69) is 10.6 Å². The molecule has 0 bridgehead atoms. The van der Waals surface area contributed by atoms with E-state index in [1.165, 1.54) is 0 Å². The number of carboxylic acids is 1. The maximum atomic E-state index is 11.6. The van der Waals surface area contributed by atoms with Crippen molar-refractivity contribution in [1.82, 2.24) is 10.6 Å². The SMILES string of the molecule is O=C(NCC1CCCO1)NC1COCC1C(=O)O. The van der Waals surface area contributed by atoms with Gasteiger partial charge in [0.05, 0.1) is 25.4 Å². The third-order valence-corrected chi connectivity index (χ3v) is 3.23. The smallest absolute Gasteiger partial charge is 0.315 e. The minimum Gasteiger partial charge on any atom is -0.481 e. The molecular formula is C11H18N2O5.